The molecule has 0 aliphatic carbocycles. The van der Waals surface area contributed by atoms with E-state index in [2.05, 4.69) is 0 Å². The Labute approximate surface area is 132 Å². The van der Waals surface area contributed by atoms with Crippen LogP contribution in [0.4, 0.5) is 0 Å². The minimum Gasteiger partial charge on any atom is -0.508 e. The van der Waals surface area contributed by atoms with Gasteiger partial charge in [0.2, 0.25) is 5.78 Å². The van der Waals surface area contributed by atoms with Crippen LogP contribution in [0.15, 0.2) is 36.1 Å². The number of methoxy groups -OCH3 is 2. The number of rotatable bonds is 3. The molecule has 0 unspecified atom stereocenters. The van der Waals surface area contributed by atoms with E-state index in [9.17, 15) is 15.0 Å². The molecule has 2 aromatic rings. The zero-order chi connectivity index (χ0) is 16.6. The number of hydrogen-bond acceptors (Lipinski definition) is 6. The largest absolute Gasteiger partial charge is 0.508 e. The molecule has 1 heterocycles. The zero-order valence-corrected chi connectivity index (χ0v) is 12.5. The predicted octanol–water partition coefficient (Wildman–Crippen LogP) is 2.73. The van der Waals surface area contributed by atoms with E-state index in [0.717, 1.165) is 6.07 Å². The van der Waals surface area contributed by atoms with Crippen LogP contribution in [0.1, 0.15) is 15.9 Å². The summed E-state index contributed by atoms with van der Waals surface area (Å²) in [7, 11) is 3.05. The summed E-state index contributed by atoms with van der Waals surface area (Å²) in [6.07, 6.45) is 1.51. The molecule has 0 spiro atoms. The molecule has 0 bridgehead atoms. The van der Waals surface area contributed by atoms with Crippen LogP contribution in [0, 0.1) is 0 Å². The number of benzene rings is 2. The highest BCUT2D eigenvalue weighted by Gasteiger charge is 2.31. The van der Waals surface area contributed by atoms with Crippen molar-refractivity contribution in [2.75, 3.05) is 14.2 Å². The fourth-order valence-corrected chi connectivity index (χ4v) is 2.36. The molecule has 2 aromatic carbocycles. The summed E-state index contributed by atoms with van der Waals surface area (Å²) in [4.78, 5) is 12.4. The lowest BCUT2D eigenvalue weighted by Gasteiger charge is -2.07. The van der Waals surface area contributed by atoms with Gasteiger partial charge >= 0.3 is 0 Å². The van der Waals surface area contributed by atoms with Crippen LogP contribution in [0.2, 0.25) is 0 Å². The molecule has 0 saturated carbocycles. The van der Waals surface area contributed by atoms with Crippen molar-refractivity contribution in [1.82, 2.24) is 0 Å². The molecular weight excluding hydrogens is 300 g/mol. The molecule has 6 heteroatoms. The summed E-state index contributed by atoms with van der Waals surface area (Å²) >= 11 is 0. The van der Waals surface area contributed by atoms with Crippen molar-refractivity contribution in [1.29, 1.82) is 0 Å². The quantitative estimate of drug-likeness (QED) is 0.847. The Morgan fingerprint density at radius 3 is 2.57 bits per heavy atom. The Morgan fingerprint density at radius 1 is 1.09 bits per heavy atom. The molecule has 23 heavy (non-hydrogen) atoms. The Balaban J connectivity index is 2.03. The van der Waals surface area contributed by atoms with Crippen LogP contribution in [0.5, 0.6) is 28.7 Å². The van der Waals surface area contributed by atoms with Crippen LogP contribution in [0.3, 0.4) is 0 Å². The molecule has 1 aliphatic rings. The summed E-state index contributed by atoms with van der Waals surface area (Å²) in [6.45, 7) is 0. The molecule has 2 N–H and O–H groups in total. The summed E-state index contributed by atoms with van der Waals surface area (Å²) in [5.41, 5.74) is 0.648. The number of allylic oxidation sites excluding steroid dienone is 1. The third-order valence-corrected chi connectivity index (χ3v) is 3.46. The Morgan fingerprint density at radius 2 is 1.87 bits per heavy atom. The van der Waals surface area contributed by atoms with Gasteiger partial charge in [0.25, 0.3) is 0 Å². The lowest BCUT2D eigenvalue weighted by Crippen LogP contribution is -1.99. The molecule has 0 radical (unpaired) electrons. The third-order valence-electron chi connectivity index (χ3n) is 3.46. The second-order valence-corrected chi connectivity index (χ2v) is 4.89. The molecule has 0 fully saturated rings. The fourth-order valence-electron chi connectivity index (χ4n) is 2.36. The fraction of sp³-hybridized carbons (Fsp3) is 0.118. The van der Waals surface area contributed by atoms with Crippen LogP contribution < -0.4 is 14.2 Å². The standard InChI is InChI=1S/C17H14O6/c1-21-11-4-3-9(13(8-11)22-2)5-15-17(20)16-12(19)6-10(18)7-14(16)23-15/h3-8,18-19H,1-2H3/b15-5-. The number of phenols is 2. The molecule has 0 amide bonds. The first-order valence-electron chi connectivity index (χ1n) is 6.75. The first kappa shape index (κ1) is 14.8. The highest BCUT2D eigenvalue weighted by molar-refractivity contribution is 6.16. The van der Waals surface area contributed by atoms with Gasteiger partial charge in [0, 0.05) is 23.8 Å². The summed E-state index contributed by atoms with van der Waals surface area (Å²) in [5.74, 6) is 0.309. The van der Waals surface area contributed by atoms with Crippen molar-refractivity contribution in [2.45, 2.75) is 0 Å². The van der Waals surface area contributed by atoms with Crippen molar-refractivity contribution >= 4 is 11.9 Å². The molecule has 0 saturated heterocycles. The number of hydrogen-bond donors (Lipinski definition) is 2. The van der Waals surface area contributed by atoms with Crippen molar-refractivity contribution in [3.63, 3.8) is 0 Å². The minimum atomic E-state index is -0.463. The van der Waals surface area contributed by atoms with E-state index in [4.69, 9.17) is 14.2 Å². The number of aromatic hydroxyl groups is 2. The summed E-state index contributed by atoms with van der Waals surface area (Å²) in [5, 5.41) is 19.3. The maximum Gasteiger partial charge on any atom is 0.235 e. The number of Topliss-reactive ketones (excluding diaryl/α,β-unsaturated/α-hetero) is 1. The molecule has 1 aliphatic heterocycles. The highest BCUT2D eigenvalue weighted by atomic mass is 16.5. The summed E-state index contributed by atoms with van der Waals surface area (Å²) < 4.78 is 15.8. The van der Waals surface area contributed by atoms with E-state index in [1.807, 2.05) is 0 Å². The molecule has 3 rings (SSSR count). The van der Waals surface area contributed by atoms with Crippen LogP contribution in [-0.4, -0.2) is 30.2 Å². The van der Waals surface area contributed by atoms with E-state index in [0.29, 0.717) is 17.1 Å². The number of phenolic OH excluding ortho intramolecular Hbond substituents is 2. The monoisotopic (exact) mass is 314 g/mol. The minimum absolute atomic E-state index is 0.0292. The van der Waals surface area contributed by atoms with Crippen molar-refractivity contribution in [3.8, 4) is 28.7 Å². The Kier molecular flexibility index (Phi) is 3.57. The van der Waals surface area contributed by atoms with Crippen LogP contribution in [0.25, 0.3) is 6.08 Å². The van der Waals surface area contributed by atoms with Gasteiger partial charge in [-0.1, -0.05) is 0 Å². The maximum absolute atomic E-state index is 12.4. The number of ether oxygens (including phenoxy) is 3. The molecule has 6 nitrogen and oxygen atoms in total. The lowest BCUT2D eigenvalue weighted by atomic mass is 10.1. The maximum atomic E-state index is 12.4. The van der Waals surface area contributed by atoms with E-state index in [-0.39, 0.29) is 28.6 Å². The van der Waals surface area contributed by atoms with Gasteiger partial charge in [-0.05, 0) is 18.2 Å². The second-order valence-electron chi connectivity index (χ2n) is 4.89. The van der Waals surface area contributed by atoms with Crippen molar-refractivity contribution in [2.24, 2.45) is 0 Å². The van der Waals surface area contributed by atoms with Gasteiger partial charge in [0.05, 0.1) is 14.2 Å². The Bertz CT molecular complexity index is 822. The number of fused-ring (bicyclic) bond motifs is 1. The third kappa shape index (κ3) is 2.55. The van der Waals surface area contributed by atoms with Gasteiger partial charge < -0.3 is 24.4 Å². The van der Waals surface area contributed by atoms with Crippen LogP contribution in [-0.2, 0) is 0 Å². The zero-order valence-electron chi connectivity index (χ0n) is 12.5. The molecular formula is C17H14O6. The predicted molar refractivity (Wildman–Crippen MR) is 82.3 cm³/mol. The first-order chi connectivity index (χ1) is 11.0. The Hall–Kier alpha value is -3.15. The van der Waals surface area contributed by atoms with Gasteiger partial charge in [0.15, 0.2) is 5.76 Å². The average Bonchev–Trinajstić information content (AvgIpc) is 2.83. The number of ketones is 1. The molecule has 0 aromatic heterocycles. The van der Waals surface area contributed by atoms with E-state index in [1.165, 1.54) is 19.3 Å². The highest BCUT2D eigenvalue weighted by Crippen LogP contribution is 2.41. The lowest BCUT2D eigenvalue weighted by molar-refractivity contribution is 0.101. The second kappa shape index (κ2) is 5.57. The first-order valence-corrected chi connectivity index (χ1v) is 6.75. The van der Waals surface area contributed by atoms with Gasteiger partial charge in [-0.15, -0.1) is 0 Å². The van der Waals surface area contributed by atoms with Crippen molar-refractivity contribution in [3.05, 3.63) is 47.2 Å². The van der Waals surface area contributed by atoms with Gasteiger partial charge in [-0.25, -0.2) is 0 Å². The normalized spacial score (nSPS) is 14.5. The van der Waals surface area contributed by atoms with E-state index in [1.54, 1.807) is 25.3 Å². The van der Waals surface area contributed by atoms with Crippen LogP contribution >= 0.6 is 0 Å². The smallest absolute Gasteiger partial charge is 0.235 e. The van der Waals surface area contributed by atoms with Gasteiger partial charge in [-0.2, -0.15) is 0 Å². The number of carbonyl (C=O) groups excluding carboxylic acids is 1. The van der Waals surface area contributed by atoms with E-state index >= 15 is 0 Å². The van der Waals surface area contributed by atoms with Gasteiger partial charge in [0.1, 0.15) is 34.3 Å². The average molecular weight is 314 g/mol. The van der Waals surface area contributed by atoms with Crippen molar-refractivity contribution < 1.29 is 29.2 Å². The molecule has 118 valence electrons. The van der Waals surface area contributed by atoms with E-state index < -0.39 is 5.78 Å². The molecule has 0 atom stereocenters. The SMILES string of the molecule is COc1ccc(/C=C2\Oc3cc(O)cc(O)c3C2=O)c(OC)c1. The summed E-state index contributed by atoms with van der Waals surface area (Å²) in [6, 6.07) is 7.50. The topological polar surface area (TPSA) is 85.2 Å². The van der Waals surface area contributed by atoms with Gasteiger partial charge in [-0.3, -0.25) is 4.79 Å². The number of carbonyl (C=O) groups is 1.